The average Bonchev–Trinajstić information content (AvgIpc) is 1.88. The molecule has 1 heterocycles. The van der Waals surface area contributed by atoms with Crippen LogP contribution in [0, 0.1) is 0 Å². The zero-order valence-electron chi connectivity index (χ0n) is 5.23. The first-order valence-corrected chi connectivity index (χ1v) is 2.64. The van der Waals surface area contributed by atoms with Crippen molar-refractivity contribution in [2.24, 2.45) is 16.5 Å². The second-order valence-electron chi connectivity index (χ2n) is 1.60. The highest BCUT2D eigenvalue weighted by Gasteiger charge is 1.86. The summed E-state index contributed by atoms with van der Waals surface area (Å²) >= 11 is 0. The van der Waals surface area contributed by atoms with Gasteiger partial charge >= 0.3 is 0 Å². The van der Waals surface area contributed by atoms with Gasteiger partial charge in [0.25, 0.3) is 0 Å². The number of aromatic nitrogens is 2. The summed E-state index contributed by atoms with van der Waals surface area (Å²) in [6.07, 6.45) is 2.94. The van der Waals surface area contributed by atoms with Gasteiger partial charge in [0.1, 0.15) is 6.33 Å². The molecule has 5 nitrogen and oxygen atoms in total. The molecule has 1 rings (SSSR count). The van der Waals surface area contributed by atoms with Gasteiger partial charge in [-0.2, -0.15) is 4.99 Å². The van der Waals surface area contributed by atoms with Crippen molar-refractivity contribution in [3.63, 3.8) is 0 Å². The lowest BCUT2D eigenvalue weighted by molar-refractivity contribution is 1.15. The van der Waals surface area contributed by atoms with E-state index in [1.54, 1.807) is 12.3 Å². The molecule has 0 aliphatic rings. The van der Waals surface area contributed by atoms with Crippen molar-refractivity contribution in [1.29, 1.82) is 0 Å². The summed E-state index contributed by atoms with van der Waals surface area (Å²) in [5, 5.41) is 0. The summed E-state index contributed by atoms with van der Waals surface area (Å²) in [5.74, 6) is 0.466. The summed E-state index contributed by atoms with van der Waals surface area (Å²) in [4.78, 5) is 11.1. The van der Waals surface area contributed by atoms with E-state index in [1.165, 1.54) is 6.33 Å². The van der Waals surface area contributed by atoms with Gasteiger partial charge in [-0.1, -0.05) is 0 Å². The standard InChI is InChI=1S/C5H7N5/c6-5(7)10-4-1-2-8-3-9-4/h1-3H,(H4,6,7,8,9,10). The minimum absolute atomic E-state index is 0.00120. The second-order valence-corrected chi connectivity index (χ2v) is 1.60. The molecule has 0 aliphatic carbocycles. The number of rotatable bonds is 1. The molecule has 1 aromatic heterocycles. The largest absolute Gasteiger partial charge is 0.370 e. The van der Waals surface area contributed by atoms with E-state index in [9.17, 15) is 0 Å². The molecule has 5 heteroatoms. The van der Waals surface area contributed by atoms with Gasteiger partial charge in [0, 0.05) is 12.3 Å². The highest BCUT2D eigenvalue weighted by Crippen LogP contribution is 2.00. The fraction of sp³-hybridized carbons (Fsp3) is 0. The Morgan fingerprint density at radius 2 is 2.30 bits per heavy atom. The molecular formula is C5H7N5. The van der Waals surface area contributed by atoms with E-state index in [1.807, 2.05) is 0 Å². The van der Waals surface area contributed by atoms with Crippen LogP contribution in [0.2, 0.25) is 0 Å². The molecule has 0 saturated carbocycles. The van der Waals surface area contributed by atoms with Crippen molar-refractivity contribution in [1.82, 2.24) is 9.97 Å². The molecule has 0 atom stereocenters. The summed E-state index contributed by atoms with van der Waals surface area (Å²) in [6, 6.07) is 1.61. The Morgan fingerprint density at radius 3 is 2.80 bits per heavy atom. The van der Waals surface area contributed by atoms with Crippen LogP contribution in [0.5, 0.6) is 0 Å². The van der Waals surface area contributed by atoms with E-state index in [0.717, 1.165) is 0 Å². The molecule has 10 heavy (non-hydrogen) atoms. The lowest BCUT2D eigenvalue weighted by atomic mass is 10.6. The molecule has 0 saturated heterocycles. The molecule has 1 aromatic rings. The third kappa shape index (κ3) is 1.70. The molecule has 0 radical (unpaired) electrons. The van der Waals surface area contributed by atoms with Gasteiger partial charge < -0.3 is 11.5 Å². The van der Waals surface area contributed by atoms with Crippen molar-refractivity contribution in [2.75, 3.05) is 0 Å². The van der Waals surface area contributed by atoms with Gasteiger partial charge in [-0.15, -0.1) is 0 Å². The fourth-order valence-corrected chi connectivity index (χ4v) is 0.482. The number of nitrogens with zero attached hydrogens (tertiary/aromatic N) is 3. The number of hydrogen-bond donors (Lipinski definition) is 2. The minimum atomic E-state index is -0.00120. The molecule has 4 N–H and O–H groups in total. The van der Waals surface area contributed by atoms with Gasteiger partial charge in [0.05, 0.1) is 0 Å². The summed E-state index contributed by atoms with van der Waals surface area (Å²) < 4.78 is 0. The highest BCUT2D eigenvalue weighted by atomic mass is 15.0. The van der Waals surface area contributed by atoms with Gasteiger partial charge in [-0.3, -0.25) is 0 Å². The lowest BCUT2D eigenvalue weighted by Gasteiger charge is -1.89. The van der Waals surface area contributed by atoms with Gasteiger partial charge in [-0.25, -0.2) is 9.97 Å². The first-order chi connectivity index (χ1) is 4.79. The number of hydrogen-bond acceptors (Lipinski definition) is 3. The Hall–Kier alpha value is -1.65. The van der Waals surface area contributed by atoms with Crippen molar-refractivity contribution in [3.8, 4) is 0 Å². The molecule has 0 amide bonds. The number of nitrogens with two attached hydrogens (primary N) is 2. The van der Waals surface area contributed by atoms with E-state index in [-0.39, 0.29) is 5.96 Å². The minimum Gasteiger partial charge on any atom is -0.370 e. The maximum Gasteiger partial charge on any atom is 0.192 e. The predicted molar refractivity (Wildman–Crippen MR) is 37.5 cm³/mol. The van der Waals surface area contributed by atoms with Gasteiger partial charge in [0.2, 0.25) is 0 Å². The molecular weight excluding hydrogens is 130 g/mol. The van der Waals surface area contributed by atoms with Crippen LogP contribution in [-0.4, -0.2) is 15.9 Å². The fourth-order valence-electron chi connectivity index (χ4n) is 0.482. The van der Waals surface area contributed by atoms with Crippen molar-refractivity contribution in [3.05, 3.63) is 18.6 Å². The Balaban J connectivity index is 2.87. The monoisotopic (exact) mass is 137 g/mol. The van der Waals surface area contributed by atoms with Crippen molar-refractivity contribution < 1.29 is 0 Å². The first kappa shape index (κ1) is 6.47. The number of aliphatic imine (C=N–C) groups is 1. The van der Waals surface area contributed by atoms with Crippen LogP contribution in [0.4, 0.5) is 5.82 Å². The average molecular weight is 137 g/mol. The van der Waals surface area contributed by atoms with E-state index < -0.39 is 0 Å². The zero-order chi connectivity index (χ0) is 7.40. The Kier molecular flexibility index (Phi) is 1.79. The third-order valence-corrected chi connectivity index (χ3v) is 0.810. The molecule has 0 bridgehead atoms. The van der Waals surface area contributed by atoms with Crippen LogP contribution < -0.4 is 11.5 Å². The summed E-state index contributed by atoms with van der Waals surface area (Å²) in [6.45, 7) is 0. The molecule has 0 fully saturated rings. The van der Waals surface area contributed by atoms with Crippen LogP contribution in [0.15, 0.2) is 23.6 Å². The van der Waals surface area contributed by atoms with Crippen LogP contribution in [0.3, 0.4) is 0 Å². The van der Waals surface area contributed by atoms with E-state index in [0.29, 0.717) is 5.82 Å². The van der Waals surface area contributed by atoms with Crippen LogP contribution >= 0.6 is 0 Å². The SMILES string of the molecule is NC(N)=Nc1ccncn1. The van der Waals surface area contributed by atoms with Gasteiger partial charge in [-0.05, 0) is 0 Å². The molecule has 0 spiro atoms. The number of guanidine groups is 1. The predicted octanol–water partition coefficient (Wildman–Crippen LogP) is -0.619. The second kappa shape index (κ2) is 2.77. The lowest BCUT2D eigenvalue weighted by Crippen LogP contribution is -2.22. The maximum absolute atomic E-state index is 5.09. The first-order valence-electron chi connectivity index (χ1n) is 2.64. The van der Waals surface area contributed by atoms with Crippen molar-refractivity contribution >= 4 is 11.8 Å². The summed E-state index contributed by atoms with van der Waals surface area (Å²) in [5.41, 5.74) is 10.2. The van der Waals surface area contributed by atoms with E-state index >= 15 is 0 Å². The smallest absolute Gasteiger partial charge is 0.192 e. The van der Waals surface area contributed by atoms with E-state index in [4.69, 9.17) is 11.5 Å². The maximum atomic E-state index is 5.09. The molecule has 0 aromatic carbocycles. The van der Waals surface area contributed by atoms with Gasteiger partial charge in [0.15, 0.2) is 11.8 Å². The van der Waals surface area contributed by atoms with Crippen LogP contribution in [0.1, 0.15) is 0 Å². The molecule has 0 aliphatic heterocycles. The quantitative estimate of drug-likeness (QED) is 0.398. The third-order valence-electron chi connectivity index (χ3n) is 0.810. The molecule has 0 unspecified atom stereocenters. The Bertz CT molecular complexity index is 225. The van der Waals surface area contributed by atoms with Crippen LogP contribution in [-0.2, 0) is 0 Å². The highest BCUT2D eigenvalue weighted by molar-refractivity contribution is 5.78. The molecule has 52 valence electrons. The Morgan fingerprint density at radius 1 is 1.50 bits per heavy atom. The zero-order valence-corrected chi connectivity index (χ0v) is 5.23. The van der Waals surface area contributed by atoms with Crippen LogP contribution in [0.25, 0.3) is 0 Å². The van der Waals surface area contributed by atoms with Crippen molar-refractivity contribution in [2.45, 2.75) is 0 Å². The summed E-state index contributed by atoms with van der Waals surface area (Å²) in [7, 11) is 0. The topological polar surface area (TPSA) is 90.2 Å². The normalized spacial score (nSPS) is 8.80. The Labute approximate surface area is 57.8 Å². The van der Waals surface area contributed by atoms with E-state index in [2.05, 4.69) is 15.0 Å².